The van der Waals surface area contributed by atoms with Gasteiger partial charge in [-0.1, -0.05) is 25.3 Å². The van der Waals surface area contributed by atoms with Crippen LogP contribution < -0.4 is 21.3 Å². The lowest BCUT2D eigenvalue weighted by Crippen LogP contribution is -2.39. The molecule has 3 heterocycles. The number of benzene rings is 1. The molecule has 2 aliphatic heterocycles. The van der Waals surface area contributed by atoms with Crippen LogP contribution in [0.2, 0.25) is 0 Å². The monoisotopic (exact) mass is 438 g/mol. The summed E-state index contributed by atoms with van der Waals surface area (Å²) >= 11 is 0. The van der Waals surface area contributed by atoms with Crippen molar-refractivity contribution in [1.29, 1.82) is 0 Å². The van der Waals surface area contributed by atoms with Gasteiger partial charge in [0.1, 0.15) is 28.6 Å². The smallest absolute Gasteiger partial charge is 0.257 e. The van der Waals surface area contributed by atoms with Crippen LogP contribution in [-0.4, -0.2) is 21.8 Å². The average molecular weight is 438 g/mol. The summed E-state index contributed by atoms with van der Waals surface area (Å²) in [7, 11) is 0. The minimum atomic E-state index is -1.02. The van der Waals surface area contributed by atoms with Gasteiger partial charge in [-0.3, -0.25) is 9.59 Å². The molecule has 4 rings (SSSR count). The number of allylic oxidation sites excluding steroid dienone is 3. The van der Waals surface area contributed by atoms with Crippen LogP contribution >= 0.6 is 0 Å². The third-order valence-corrected chi connectivity index (χ3v) is 5.31. The summed E-state index contributed by atoms with van der Waals surface area (Å²) in [6.45, 7) is 9.78. The van der Waals surface area contributed by atoms with Crippen molar-refractivity contribution in [1.82, 2.24) is 25.9 Å². The molecule has 0 saturated carbocycles. The molecular weight excluding hydrogens is 418 g/mol. The number of hydrogen-bond acceptors (Lipinski definition) is 6. The van der Waals surface area contributed by atoms with Gasteiger partial charge in [-0.2, -0.15) is 0 Å². The Morgan fingerprint density at radius 1 is 1.19 bits per heavy atom. The normalized spacial score (nSPS) is 20.2. The number of rotatable bonds is 5. The first-order valence-electron chi connectivity index (χ1n) is 9.67. The Kier molecular flexibility index (Phi) is 5.00. The van der Waals surface area contributed by atoms with E-state index >= 15 is 0 Å². The third-order valence-electron chi connectivity index (χ3n) is 5.31. The Morgan fingerprint density at radius 3 is 2.44 bits per heavy atom. The maximum atomic E-state index is 13.9. The van der Waals surface area contributed by atoms with Crippen molar-refractivity contribution < 1.29 is 18.4 Å². The number of fused-ring (bicyclic) bond motifs is 1. The molecule has 1 fully saturated rings. The highest BCUT2D eigenvalue weighted by molar-refractivity contribution is 6.03. The van der Waals surface area contributed by atoms with Crippen LogP contribution in [0.25, 0.3) is 5.57 Å². The second-order valence-electron chi connectivity index (χ2n) is 7.60. The summed E-state index contributed by atoms with van der Waals surface area (Å²) in [6, 6.07) is 6.86. The number of aromatic nitrogens is 2. The van der Waals surface area contributed by atoms with E-state index in [1.54, 1.807) is 31.2 Å². The molecule has 1 aromatic carbocycles. The van der Waals surface area contributed by atoms with Crippen LogP contribution in [0.5, 0.6) is 0 Å². The molecule has 2 aromatic rings. The van der Waals surface area contributed by atoms with E-state index in [1.807, 2.05) is 0 Å². The number of halogens is 2. The van der Waals surface area contributed by atoms with E-state index in [0.717, 1.165) is 6.92 Å². The molecule has 164 valence electrons. The lowest BCUT2D eigenvalue weighted by atomic mass is 9.92. The lowest BCUT2D eigenvalue weighted by molar-refractivity contribution is -0.123. The number of anilines is 2. The second kappa shape index (κ2) is 7.56. The fourth-order valence-corrected chi connectivity index (χ4v) is 3.67. The molecule has 2 aliphatic rings. The van der Waals surface area contributed by atoms with Gasteiger partial charge in [-0.05, 0) is 31.5 Å². The van der Waals surface area contributed by atoms with Crippen LogP contribution in [0, 0.1) is 0 Å². The van der Waals surface area contributed by atoms with E-state index in [4.69, 9.17) is 0 Å². The average Bonchev–Trinajstić information content (AvgIpc) is 3.21. The molecule has 0 aliphatic carbocycles. The van der Waals surface area contributed by atoms with Gasteiger partial charge >= 0.3 is 0 Å². The van der Waals surface area contributed by atoms with E-state index in [1.165, 1.54) is 0 Å². The van der Waals surface area contributed by atoms with Gasteiger partial charge in [0.15, 0.2) is 5.82 Å². The molecule has 0 radical (unpaired) electrons. The summed E-state index contributed by atoms with van der Waals surface area (Å²) in [4.78, 5) is 32.9. The number of carbonyl (C=O) groups excluding carboxylic acids is 2. The van der Waals surface area contributed by atoms with E-state index in [0.29, 0.717) is 22.8 Å². The molecule has 1 saturated heterocycles. The molecule has 0 bridgehead atoms. The van der Waals surface area contributed by atoms with Gasteiger partial charge in [0, 0.05) is 5.69 Å². The van der Waals surface area contributed by atoms with Crippen LogP contribution in [-0.2, 0) is 16.9 Å². The minimum Gasteiger partial charge on any atom is -0.355 e. The molecule has 0 spiro atoms. The quantitative estimate of drug-likeness (QED) is 0.535. The molecule has 0 unspecified atom stereocenters. The Labute approximate surface area is 182 Å². The van der Waals surface area contributed by atoms with Crippen LogP contribution in [0.3, 0.4) is 0 Å². The van der Waals surface area contributed by atoms with Gasteiger partial charge in [-0.15, -0.1) is 0 Å². The Hall–Kier alpha value is -4.08. The fourth-order valence-electron chi connectivity index (χ4n) is 3.67. The zero-order valence-corrected chi connectivity index (χ0v) is 17.4. The van der Waals surface area contributed by atoms with Crippen molar-refractivity contribution >= 4 is 28.9 Å². The van der Waals surface area contributed by atoms with E-state index in [9.17, 15) is 18.4 Å². The summed E-state index contributed by atoms with van der Waals surface area (Å²) < 4.78 is 27.8. The Balaban J connectivity index is 1.71. The molecule has 4 N–H and O–H groups in total. The highest BCUT2D eigenvalue weighted by atomic mass is 19.1. The summed E-state index contributed by atoms with van der Waals surface area (Å²) in [6.07, 6.45) is 0. The number of nitrogens with zero attached hydrogens (tertiary/aromatic N) is 2. The number of hydrogen-bond donors (Lipinski definition) is 4. The molecule has 8 nitrogen and oxygen atoms in total. The largest absolute Gasteiger partial charge is 0.355 e. The molecule has 1 aromatic heterocycles. The van der Waals surface area contributed by atoms with E-state index in [2.05, 4.69) is 44.4 Å². The summed E-state index contributed by atoms with van der Waals surface area (Å²) in [5.41, 5.74) is 0.311. The fraction of sp³-hybridized carbons (Fsp3) is 0.182. The van der Waals surface area contributed by atoms with Gasteiger partial charge in [-0.25, -0.2) is 18.7 Å². The molecule has 32 heavy (non-hydrogen) atoms. The van der Waals surface area contributed by atoms with Crippen LogP contribution in [0.1, 0.15) is 41.3 Å². The second-order valence-corrected chi connectivity index (χ2v) is 7.60. The predicted octanol–water partition coefficient (Wildman–Crippen LogP) is 3.05. The van der Waals surface area contributed by atoms with Crippen molar-refractivity contribution in [2.75, 3.05) is 5.32 Å². The number of carbonyl (C=O) groups is 2. The first-order chi connectivity index (χ1) is 15.1. The van der Waals surface area contributed by atoms with Gasteiger partial charge in [0.05, 0.1) is 23.6 Å². The van der Waals surface area contributed by atoms with Gasteiger partial charge in [0.25, 0.3) is 11.8 Å². The van der Waals surface area contributed by atoms with Gasteiger partial charge in [0.2, 0.25) is 0 Å². The van der Waals surface area contributed by atoms with Crippen LogP contribution in [0.4, 0.5) is 20.3 Å². The van der Waals surface area contributed by atoms with Gasteiger partial charge < -0.3 is 21.3 Å². The summed E-state index contributed by atoms with van der Waals surface area (Å²) in [5, 5.41) is 11.3. The highest BCUT2D eigenvalue weighted by Gasteiger charge is 2.40. The first kappa shape index (κ1) is 21.2. The molecule has 2 amide bonds. The standard InChI is InChI=1S/C22H20F2N6O2/c1-10(23)16(11(2)24)18-28-15-9-25-20(31)17(15)19(29-18)27-14-7-5-13(6-8-14)22(4)21(32)26-12(3)30-22/h5-8,30H,1,3,9H2,2,4H3,(H,25,31)(H,26,32)(H,27,28,29)/b16-11-/t22-/m0/s1. The predicted molar refractivity (Wildman–Crippen MR) is 115 cm³/mol. The van der Waals surface area contributed by atoms with E-state index < -0.39 is 28.7 Å². The van der Waals surface area contributed by atoms with Crippen molar-refractivity contribution in [3.8, 4) is 0 Å². The van der Waals surface area contributed by atoms with Crippen molar-refractivity contribution in [3.63, 3.8) is 0 Å². The first-order valence-corrected chi connectivity index (χ1v) is 9.67. The zero-order valence-electron chi connectivity index (χ0n) is 17.4. The topological polar surface area (TPSA) is 108 Å². The Morgan fingerprint density at radius 2 is 1.88 bits per heavy atom. The minimum absolute atomic E-state index is 0.101. The van der Waals surface area contributed by atoms with Crippen molar-refractivity contribution in [2.45, 2.75) is 25.9 Å². The van der Waals surface area contributed by atoms with E-state index in [-0.39, 0.29) is 29.7 Å². The van der Waals surface area contributed by atoms with Crippen molar-refractivity contribution in [3.05, 3.63) is 77.5 Å². The Bertz CT molecular complexity index is 1220. The highest BCUT2D eigenvalue weighted by Crippen LogP contribution is 2.32. The van der Waals surface area contributed by atoms with Crippen molar-refractivity contribution in [2.24, 2.45) is 0 Å². The molecular formula is C22H20F2N6O2. The zero-order chi connectivity index (χ0) is 23.2. The maximum absolute atomic E-state index is 13.9. The third kappa shape index (κ3) is 3.49. The molecule has 1 atom stereocenters. The van der Waals surface area contributed by atoms with Crippen LogP contribution in [0.15, 0.2) is 54.9 Å². The number of nitrogens with one attached hydrogen (secondary N) is 4. The summed E-state index contributed by atoms with van der Waals surface area (Å²) in [5.74, 6) is -2.18. The lowest BCUT2D eigenvalue weighted by Gasteiger charge is -2.22. The number of amides is 2. The molecule has 10 heteroatoms. The maximum Gasteiger partial charge on any atom is 0.257 e. The SMILES string of the molecule is C=C1NC(=O)[C@](C)(c2ccc(Nc3nc(/C(C(=C)F)=C(/C)F)nc4c3C(=O)NC4)cc2)N1.